The van der Waals surface area contributed by atoms with Gasteiger partial charge in [0.25, 0.3) is 0 Å². The first-order chi connectivity index (χ1) is 13.7. The van der Waals surface area contributed by atoms with Crippen molar-refractivity contribution in [2.45, 2.75) is 39.4 Å². The Hall–Kier alpha value is -3.24. The van der Waals surface area contributed by atoms with Crippen LogP contribution < -0.4 is 4.90 Å². The number of alkyl halides is 3. The number of aryl methyl sites for hydroxylation is 2. The number of carbonyl (C=O) groups is 1. The SMILES string of the molecule is Cc1ncc(C)n2nc(C=Cc3nc(N4CCCC4=O)cn3CC(F)(F)F)nc12. The Morgan fingerprint density at radius 2 is 2.00 bits per heavy atom. The maximum absolute atomic E-state index is 13.0. The summed E-state index contributed by atoms with van der Waals surface area (Å²) in [4.78, 5) is 26.2. The lowest BCUT2D eigenvalue weighted by Gasteiger charge is -2.11. The van der Waals surface area contributed by atoms with Crippen LogP contribution in [0.3, 0.4) is 0 Å². The van der Waals surface area contributed by atoms with Gasteiger partial charge in [-0.15, -0.1) is 5.10 Å². The summed E-state index contributed by atoms with van der Waals surface area (Å²) in [6.07, 6.45) is 2.45. The normalized spacial score (nSPS) is 15.3. The quantitative estimate of drug-likeness (QED) is 0.667. The van der Waals surface area contributed by atoms with Crippen LogP contribution in [0.4, 0.5) is 19.0 Å². The number of carbonyl (C=O) groups excluding carboxylic acids is 1. The van der Waals surface area contributed by atoms with Gasteiger partial charge in [-0.05, 0) is 32.4 Å². The fourth-order valence-corrected chi connectivity index (χ4v) is 3.22. The number of anilines is 1. The molecular formula is C18H18F3N7O. The maximum Gasteiger partial charge on any atom is 0.406 e. The van der Waals surface area contributed by atoms with E-state index < -0.39 is 12.7 Å². The van der Waals surface area contributed by atoms with Crippen LogP contribution >= 0.6 is 0 Å². The minimum absolute atomic E-state index is 0.0717. The molecule has 0 radical (unpaired) electrons. The number of hydrogen-bond donors (Lipinski definition) is 0. The molecule has 4 heterocycles. The molecule has 0 spiro atoms. The highest BCUT2D eigenvalue weighted by Crippen LogP contribution is 2.25. The van der Waals surface area contributed by atoms with Crippen molar-refractivity contribution in [2.24, 2.45) is 0 Å². The van der Waals surface area contributed by atoms with Crippen molar-refractivity contribution in [3.63, 3.8) is 0 Å². The number of amides is 1. The van der Waals surface area contributed by atoms with E-state index in [4.69, 9.17) is 0 Å². The van der Waals surface area contributed by atoms with Gasteiger partial charge in [-0.2, -0.15) is 13.2 Å². The third-order valence-corrected chi connectivity index (χ3v) is 4.60. The molecule has 1 aliphatic heterocycles. The molecule has 1 amide bonds. The number of hydrogen-bond acceptors (Lipinski definition) is 5. The molecule has 4 rings (SSSR count). The molecule has 0 N–H and O–H groups in total. The number of aromatic nitrogens is 6. The van der Waals surface area contributed by atoms with Crippen LogP contribution in [0.15, 0.2) is 12.4 Å². The summed E-state index contributed by atoms with van der Waals surface area (Å²) in [6, 6.07) is 0. The van der Waals surface area contributed by atoms with Gasteiger partial charge < -0.3 is 4.57 Å². The van der Waals surface area contributed by atoms with Crippen LogP contribution in [0.2, 0.25) is 0 Å². The number of halogens is 3. The fourth-order valence-electron chi connectivity index (χ4n) is 3.22. The number of fused-ring (bicyclic) bond motifs is 1. The van der Waals surface area contributed by atoms with Gasteiger partial charge in [-0.25, -0.2) is 14.5 Å². The Balaban J connectivity index is 1.69. The van der Waals surface area contributed by atoms with Gasteiger partial charge in [-0.1, -0.05) is 0 Å². The molecule has 11 heteroatoms. The molecule has 1 aliphatic rings. The summed E-state index contributed by atoms with van der Waals surface area (Å²) in [7, 11) is 0. The summed E-state index contributed by atoms with van der Waals surface area (Å²) in [5, 5.41) is 4.34. The molecule has 3 aromatic rings. The second kappa shape index (κ2) is 6.98. The topological polar surface area (TPSA) is 81.2 Å². The van der Waals surface area contributed by atoms with Gasteiger partial charge >= 0.3 is 6.18 Å². The van der Waals surface area contributed by atoms with Crippen molar-refractivity contribution in [1.82, 2.24) is 29.1 Å². The summed E-state index contributed by atoms with van der Waals surface area (Å²) in [5.74, 6) is 0.472. The fraction of sp³-hybridized carbons (Fsp3) is 0.389. The summed E-state index contributed by atoms with van der Waals surface area (Å²) in [6.45, 7) is 2.87. The smallest absolute Gasteiger partial charge is 0.320 e. The standard InChI is InChI=1S/C18H18F3N7O/c1-11-8-22-12(2)17-23-13(25-28(11)17)5-6-14-24-15(27-7-3-4-16(27)29)9-26(14)10-18(19,20)21/h5-6,8-9H,3-4,7,10H2,1-2H3. The Morgan fingerprint density at radius 1 is 1.21 bits per heavy atom. The van der Waals surface area contributed by atoms with Crippen LogP contribution in [0.25, 0.3) is 17.8 Å². The van der Waals surface area contributed by atoms with Gasteiger partial charge in [0, 0.05) is 25.4 Å². The van der Waals surface area contributed by atoms with Gasteiger partial charge in [0.1, 0.15) is 12.4 Å². The van der Waals surface area contributed by atoms with E-state index in [1.165, 1.54) is 23.2 Å². The average molecular weight is 405 g/mol. The van der Waals surface area contributed by atoms with E-state index in [-0.39, 0.29) is 17.5 Å². The largest absolute Gasteiger partial charge is 0.406 e. The predicted molar refractivity (Wildman–Crippen MR) is 99.1 cm³/mol. The van der Waals surface area contributed by atoms with Crippen molar-refractivity contribution >= 4 is 29.5 Å². The summed E-state index contributed by atoms with van der Waals surface area (Å²) in [5.41, 5.74) is 2.05. The first kappa shape index (κ1) is 19.1. The number of imidazole rings is 1. The van der Waals surface area contributed by atoms with Crippen LogP contribution in [0.1, 0.15) is 35.9 Å². The summed E-state index contributed by atoms with van der Waals surface area (Å²) < 4.78 is 41.6. The van der Waals surface area contributed by atoms with Gasteiger partial charge in [0.05, 0.1) is 11.4 Å². The molecule has 0 aromatic carbocycles. The van der Waals surface area contributed by atoms with Crippen molar-refractivity contribution in [3.8, 4) is 0 Å². The third-order valence-electron chi connectivity index (χ3n) is 4.60. The van der Waals surface area contributed by atoms with Gasteiger partial charge in [0.15, 0.2) is 17.3 Å². The molecule has 0 unspecified atom stereocenters. The monoisotopic (exact) mass is 405 g/mol. The Labute approximate surface area is 163 Å². The molecule has 1 fully saturated rings. The highest BCUT2D eigenvalue weighted by Gasteiger charge is 2.31. The highest BCUT2D eigenvalue weighted by molar-refractivity contribution is 5.94. The van der Waals surface area contributed by atoms with E-state index in [2.05, 4.69) is 20.1 Å². The molecule has 152 valence electrons. The molecule has 0 bridgehead atoms. The molecule has 29 heavy (non-hydrogen) atoms. The minimum atomic E-state index is -4.42. The molecule has 0 atom stereocenters. The zero-order valence-corrected chi connectivity index (χ0v) is 15.8. The highest BCUT2D eigenvalue weighted by atomic mass is 19.4. The predicted octanol–water partition coefficient (Wildman–Crippen LogP) is 2.80. The zero-order chi connectivity index (χ0) is 20.8. The van der Waals surface area contributed by atoms with Crippen molar-refractivity contribution in [3.05, 3.63) is 35.4 Å². The maximum atomic E-state index is 13.0. The summed E-state index contributed by atoms with van der Waals surface area (Å²) >= 11 is 0. The lowest BCUT2D eigenvalue weighted by molar-refractivity contribution is -0.140. The van der Waals surface area contributed by atoms with E-state index in [0.29, 0.717) is 36.6 Å². The van der Waals surface area contributed by atoms with Crippen molar-refractivity contribution in [2.75, 3.05) is 11.4 Å². The van der Waals surface area contributed by atoms with Gasteiger partial charge in [-0.3, -0.25) is 14.7 Å². The van der Waals surface area contributed by atoms with Crippen LogP contribution in [0, 0.1) is 13.8 Å². The molecule has 0 saturated carbocycles. The molecule has 1 saturated heterocycles. The zero-order valence-electron chi connectivity index (χ0n) is 15.8. The Kier molecular flexibility index (Phi) is 4.59. The lowest BCUT2D eigenvalue weighted by Crippen LogP contribution is -2.24. The van der Waals surface area contributed by atoms with E-state index in [1.807, 2.05) is 6.92 Å². The van der Waals surface area contributed by atoms with E-state index >= 15 is 0 Å². The molecule has 3 aromatic heterocycles. The van der Waals surface area contributed by atoms with E-state index in [9.17, 15) is 18.0 Å². The van der Waals surface area contributed by atoms with Gasteiger partial charge in [0.2, 0.25) is 5.91 Å². The molecule has 8 nitrogen and oxygen atoms in total. The van der Waals surface area contributed by atoms with Crippen LogP contribution in [-0.4, -0.2) is 47.8 Å². The first-order valence-corrected chi connectivity index (χ1v) is 9.02. The average Bonchev–Trinajstić information content (AvgIpc) is 3.34. The van der Waals surface area contributed by atoms with Crippen molar-refractivity contribution in [1.29, 1.82) is 0 Å². The third kappa shape index (κ3) is 3.84. The number of rotatable bonds is 4. The molecule has 0 aliphatic carbocycles. The second-order valence-electron chi connectivity index (χ2n) is 6.87. The minimum Gasteiger partial charge on any atom is -0.320 e. The van der Waals surface area contributed by atoms with E-state index in [1.54, 1.807) is 17.6 Å². The Bertz CT molecular complexity index is 1070. The Morgan fingerprint density at radius 3 is 2.66 bits per heavy atom. The van der Waals surface area contributed by atoms with E-state index in [0.717, 1.165) is 10.3 Å². The second-order valence-corrected chi connectivity index (χ2v) is 6.87. The van der Waals surface area contributed by atoms with Crippen molar-refractivity contribution < 1.29 is 18.0 Å². The lowest BCUT2D eigenvalue weighted by atomic mass is 10.4. The molecular weight excluding hydrogens is 387 g/mol. The van der Waals surface area contributed by atoms with Crippen LogP contribution in [0.5, 0.6) is 0 Å². The van der Waals surface area contributed by atoms with Crippen LogP contribution in [-0.2, 0) is 11.3 Å². The first-order valence-electron chi connectivity index (χ1n) is 9.02. The number of nitrogens with zero attached hydrogens (tertiary/aromatic N) is 7.